The third kappa shape index (κ3) is 5.07. The van der Waals surface area contributed by atoms with Crippen LogP contribution in [0, 0.1) is 0 Å². The van der Waals surface area contributed by atoms with Crippen LogP contribution in [0.5, 0.6) is 11.5 Å². The van der Waals surface area contributed by atoms with E-state index in [9.17, 15) is 0 Å². The number of rotatable bonds is 7. The number of nitrogens with one attached hydrogen (secondary N) is 1. The van der Waals surface area contributed by atoms with Crippen molar-refractivity contribution in [2.24, 2.45) is 0 Å². The van der Waals surface area contributed by atoms with Gasteiger partial charge < -0.3 is 14.8 Å². The lowest BCUT2D eigenvalue weighted by molar-refractivity contribution is 0.306. The summed E-state index contributed by atoms with van der Waals surface area (Å²) in [6.45, 7) is 1.09. The zero-order chi connectivity index (χ0) is 18.4. The summed E-state index contributed by atoms with van der Waals surface area (Å²) in [7, 11) is 1.65. The number of anilines is 1. The summed E-state index contributed by atoms with van der Waals surface area (Å²) in [5, 5.41) is 4.63. The lowest BCUT2D eigenvalue weighted by atomic mass is 10.2. The van der Waals surface area contributed by atoms with Crippen molar-refractivity contribution < 1.29 is 9.47 Å². The van der Waals surface area contributed by atoms with Crippen molar-refractivity contribution in [1.82, 2.24) is 0 Å². The lowest BCUT2D eigenvalue weighted by Crippen LogP contribution is -2.00. The summed E-state index contributed by atoms with van der Waals surface area (Å²) in [5.41, 5.74) is 3.09. The van der Waals surface area contributed by atoms with Crippen LogP contribution in [0.3, 0.4) is 0 Å². The van der Waals surface area contributed by atoms with Crippen molar-refractivity contribution in [3.63, 3.8) is 0 Å². The van der Waals surface area contributed by atoms with Gasteiger partial charge in [0.2, 0.25) is 0 Å². The minimum Gasteiger partial charge on any atom is -0.497 e. The van der Waals surface area contributed by atoms with Gasteiger partial charge in [0.15, 0.2) is 0 Å². The van der Waals surface area contributed by atoms with E-state index in [1.165, 1.54) is 0 Å². The van der Waals surface area contributed by atoms with Crippen LogP contribution >= 0.6 is 23.2 Å². The highest BCUT2D eigenvalue weighted by Crippen LogP contribution is 2.27. The van der Waals surface area contributed by atoms with Crippen LogP contribution in [-0.2, 0) is 13.2 Å². The summed E-state index contributed by atoms with van der Waals surface area (Å²) in [6.07, 6.45) is 0. The standard InChI is InChI=1S/C21H19Cl2NO2/c1-25-19-8-6-18(7-9-19)24-13-15-5-10-21(20(23)12-15)26-14-16-3-2-4-17(22)11-16/h2-12,24H,13-14H2,1H3. The van der Waals surface area contributed by atoms with Crippen molar-refractivity contribution in [2.75, 3.05) is 12.4 Å². The van der Waals surface area contributed by atoms with Crippen molar-refractivity contribution in [1.29, 1.82) is 0 Å². The minimum absolute atomic E-state index is 0.420. The second-order valence-electron chi connectivity index (χ2n) is 5.77. The van der Waals surface area contributed by atoms with Gasteiger partial charge in [-0.25, -0.2) is 0 Å². The van der Waals surface area contributed by atoms with E-state index < -0.39 is 0 Å². The molecule has 0 fully saturated rings. The molecule has 0 heterocycles. The maximum Gasteiger partial charge on any atom is 0.138 e. The first-order valence-corrected chi connectivity index (χ1v) is 8.93. The Hall–Kier alpha value is -2.36. The van der Waals surface area contributed by atoms with E-state index in [0.717, 1.165) is 22.6 Å². The number of methoxy groups -OCH3 is 1. The van der Waals surface area contributed by atoms with Crippen molar-refractivity contribution in [3.8, 4) is 11.5 Å². The predicted octanol–water partition coefficient (Wildman–Crippen LogP) is 6.19. The molecule has 0 aliphatic heterocycles. The molecule has 3 aromatic carbocycles. The molecule has 0 spiro atoms. The Labute approximate surface area is 163 Å². The molecule has 0 radical (unpaired) electrons. The van der Waals surface area contributed by atoms with E-state index >= 15 is 0 Å². The molecule has 0 amide bonds. The van der Waals surface area contributed by atoms with E-state index in [2.05, 4.69) is 5.32 Å². The van der Waals surface area contributed by atoms with Crippen LogP contribution < -0.4 is 14.8 Å². The first kappa shape index (κ1) is 18.4. The third-order valence-electron chi connectivity index (χ3n) is 3.87. The van der Waals surface area contributed by atoms with Crippen LogP contribution in [0.25, 0.3) is 0 Å². The van der Waals surface area contributed by atoms with Gasteiger partial charge in [-0.3, -0.25) is 0 Å². The van der Waals surface area contributed by atoms with E-state index in [1.807, 2.05) is 66.7 Å². The number of hydrogen-bond donors (Lipinski definition) is 1. The molecule has 134 valence electrons. The molecule has 1 N–H and O–H groups in total. The minimum atomic E-state index is 0.420. The topological polar surface area (TPSA) is 30.5 Å². The number of benzene rings is 3. The fraction of sp³-hybridized carbons (Fsp3) is 0.143. The molecule has 5 heteroatoms. The van der Waals surface area contributed by atoms with E-state index in [4.69, 9.17) is 32.7 Å². The van der Waals surface area contributed by atoms with Crippen LogP contribution in [-0.4, -0.2) is 7.11 Å². The van der Waals surface area contributed by atoms with Gasteiger partial charge in [-0.1, -0.05) is 41.4 Å². The summed E-state index contributed by atoms with van der Waals surface area (Å²) >= 11 is 12.3. The fourth-order valence-electron chi connectivity index (χ4n) is 2.47. The van der Waals surface area contributed by atoms with Gasteiger partial charge in [-0.2, -0.15) is 0 Å². The molecular weight excluding hydrogens is 369 g/mol. The molecule has 0 aliphatic rings. The Kier molecular flexibility index (Phi) is 6.26. The molecule has 0 unspecified atom stereocenters. The van der Waals surface area contributed by atoms with Crippen molar-refractivity contribution in [2.45, 2.75) is 13.2 Å². The average Bonchev–Trinajstić information content (AvgIpc) is 2.66. The summed E-state index contributed by atoms with van der Waals surface area (Å²) in [6, 6.07) is 21.2. The first-order chi connectivity index (χ1) is 12.6. The molecule has 0 saturated carbocycles. The molecule has 3 rings (SSSR count). The largest absolute Gasteiger partial charge is 0.497 e. The van der Waals surface area contributed by atoms with Crippen molar-refractivity contribution >= 4 is 28.9 Å². The van der Waals surface area contributed by atoms with Crippen LogP contribution in [0.15, 0.2) is 66.7 Å². The quantitative estimate of drug-likeness (QED) is 0.523. The molecular formula is C21H19Cl2NO2. The van der Waals surface area contributed by atoms with Gasteiger partial charge in [0, 0.05) is 17.3 Å². The third-order valence-corrected chi connectivity index (χ3v) is 4.40. The Bertz CT molecular complexity index is 866. The van der Waals surface area contributed by atoms with E-state index in [1.54, 1.807) is 7.11 Å². The monoisotopic (exact) mass is 387 g/mol. The molecule has 0 bridgehead atoms. The molecule has 3 nitrogen and oxygen atoms in total. The molecule has 3 aromatic rings. The van der Waals surface area contributed by atoms with Gasteiger partial charge in [0.1, 0.15) is 18.1 Å². The number of hydrogen-bond acceptors (Lipinski definition) is 3. The highest BCUT2D eigenvalue weighted by atomic mass is 35.5. The summed E-state index contributed by atoms with van der Waals surface area (Å²) in [4.78, 5) is 0. The molecule has 0 aliphatic carbocycles. The number of ether oxygens (including phenoxy) is 2. The Morgan fingerprint density at radius 3 is 2.38 bits per heavy atom. The Morgan fingerprint density at radius 2 is 1.69 bits per heavy atom. The smallest absolute Gasteiger partial charge is 0.138 e. The predicted molar refractivity (Wildman–Crippen MR) is 108 cm³/mol. The van der Waals surface area contributed by atoms with Gasteiger partial charge in [0.25, 0.3) is 0 Å². The van der Waals surface area contributed by atoms with Gasteiger partial charge in [0.05, 0.1) is 12.1 Å². The lowest BCUT2D eigenvalue weighted by Gasteiger charge is -2.11. The molecule has 0 atom stereocenters. The maximum atomic E-state index is 6.35. The van der Waals surface area contributed by atoms with Crippen LogP contribution in [0.2, 0.25) is 10.0 Å². The van der Waals surface area contributed by atoms with Gasteiger partial charge >= 0.3 is 0 Å². The van der Waals surface area contributed by atoms with Crippen LogP contribution in [0.1, 0.15) is 11.1 Å². The van der Waals surface area contributed by atoms with E-state index in [0.29, 0.717) is 28.9 Å². The molecule has 26 heavy (non-hydrogen) atoms. The fourth-order valence-corrected chi connectivity index (χ4v) is 2.94. The van der Waals surface area contributed by atoms with Crippen LogP contribution in [0.4, 0.5) is 5.69 Å². The van der Waals surface area contributed by atoms with Gasteiger partial charge in [-0.05, 0) is 59.7 Å². The molecule has 0 aromatic heterocycles. The summed E-state index contributed by atoms with van der Waals surface area (Å²) in [5.74, 6) is 1.49. The Morgan fingerprint density at radius 1 is 0.885 bits per heavy atom. The Balaban J connectivity index is 1.58. The highest BCUT2D eigenvalue weighted by molar-refractivity contribution is 6.32. The average molecular weight is 388 g/mol. The van der Waals surface area contributed by atoms with Crippen molar-refractivity contribution in [3.05, 3.63) is 87.9 Å². The maximum absolute atomic E-state index is 6.35. The van der Waals surface area contributed by atoms with E-state index in [-0.39, 0.29) is 0 Å². The first-order valence-electron chi connectivity index (χ1n) is 8.17. The second-order valence-corrected chi connectivity index (χ2v) is 6.61. The molecule has 0 saturated heterocycles. The summed E-state index contributed by atoms with van der Waals surface area (Å²) < 4.78 is 11.0. The SMILES string of the molecule is COc1ccc(NCc2ccc(OCc3cccc(Cl)c3)c(Cl)c2)cc1. The van der Waals surface area contributed by atoms with Gasteiger partial charge in [-0.15, -0.1) is 0 Å². The normalized spacial score (nSPS) is 10.4. The second kappa shape index (κ2) is 8.84. The highest BCUT2D eigenvalue weighted by Gasteiger charge is 2.05. The number of halogens is 2. The zero-order valence-electron chi connectivity index (χ0n) is 14.3. The zero-order valence-corrected chi connectivity index (χ0v) is 15.8.